The fourth-order valence-electron chi connectivity index (χ4n) is 2.18. The van der Waals surface area contributed by atoms with Gasteiger partial charge in [-0.3, -0.25) is 14.9 Å². The Kier molecular flexibility index (Phi) is 6.34. The first-order valence-electron chi connectivity index (χ1n) is 7.46. The van der Waals surface area contributed by atoms with E-state index in [2.05, 4.69) is 28.2 Å². The van der Waals surface area contributed by atoms with Gasteiger partial charge in [0.05, 0.1) is 10.6 Å². The second kappa shape index (κ2) is 8.26. The highest BCUT2D eigenvalue weighted by Crippen LogP contribution is 2.27. The Hall–Kier alpha value is -1.92. The number of nitrogens with one attached hydrogen (secondary N) is 1. The normalized spacial score (nSPS) is 10.5. The zero-order valence-corrected chi connectivity index (χ0v) is 15.4. The lowest BCUT2D eigenvalue weighted by Crippen LogP contribution is -2.12. The van der Waals surface area contributed by atoms with Crippen molar-refractivity contribution in [2.24, 2.45) is 0 Å². The van der Waals surface area contributed by atoms with Gasteiger partial charge in [0.15, 0.2) is 0 Å². The molecule has 0 radical (unpaired) electrons. The molecule has 2 aromatic rings. The fourth-order valence-corrected chi connectivity index (χ4v) is 2.90. The van der Waals surface area contributed by atoms with Crippen molar-refractivity contribution in [2.75, 3.05) is 5.32 Å². The Labute approximate surface area is 153 Å². The summed E-state index contributed by atoms with van der Waals surface area (Å²) in [4.78, 5) is 22.6. The summed E-state index contributed by atoms with van der Waals surface area (Å²) in [7, 11) is 0. The maximum atomic E-state index is 12.3. The smallest absolute Gasteiger partial charge is 0.288 e. The maximum Gasteiger partial charge on any atom is 0.288 e. The topological polar surface area (TPSA) is 72.2 Å². The van der Waals surface area contributed by atoms with Gasteiger partial charge in [-0.25, -0.2) is 0 Å². The molecule has 0 aliphatic carbocycles. The molecule has 24 heavy (non-hydrogen) atoms. The number of rotatable bonds is 6. The van der Waals surface area contributed by atoms with Gasteiger partial charge in [-0.05, 0) is 58.6 Å². The molecule has 0 atom stereocenters. The lowest BCUT2D eigenvalue weighted by Gasteiger charge is -2.09. The molecule has 0 spiro atoms. The van der Waals surface area contributed by atoms with Gasteiger partial charge < -0.3 is 5.32 Å². The van der Waals surface area contributed by atoms with Crippen LogP contribution in [-0.4, -0.2) is 10.8 Å². The van der Waals surface area contributed by atoms with Crippen LogP contribution in [0.25, 0.3) is 0 Å². The average Bonchev–Trinajstić information content (AvgIpc) is 2.55. The Balaban J connectivity index is 2.18. The molecule has 5 nitrogen and oxygen atoms in total. The number of amides is 1. The molecule has 0 fully saturated rings. The van der Waals surface area contributed by atoms with Crippen molar-refractivity contribution in [3.05, 3.63) is 67.1 Å². The second-order valence-electron chi connectivity index (χ2n) is 5.30. The van der Waals surface area contributed by atoms with E-state index in [0.717, 1.165) is 23.7 Å². The maximum absolute atomic E-state index is 12.3. The van der Waals surface area contributed by atoms with Crippen molar-refractivity contribution < 1.29 is 9.72 Å². The summed E-state index contributed by atoms with van der Waals surface area (Å²) in [6, 6.07) is 9.71. The van der Waals surface area contributed by atoms with Gasteiger partial charge in [0.2, 0.25) is 0 Å². The van der Waals surface area contributed by atoms with Crippen molar-refractivity contribution in [1.82, 2.24) is 0 Å². The zero-order chi connectivity index (χ0) is 17.7. The van der Waals surface area contributed by atoms with Gasteiger partial charge in [0, 0.05) is 16.1 Å². The number of hydrogen-bond acceptors (Lipinski definition) is 3. The number of carbonyl (C=O) groups excluding carboxylic acids is 1. The predicted octanol–water partition coefficient (Wildman–Crippen LogP) is 5.61. The molecule has 1 amide bonds. The summed E-state index contributed by atoms with van der Waals surface area (Å²) in [6.07, 6.45) is 3.20. The minimum atomic E-state index is -0.614. The van der Waals surface area contributed by atoms with E-state index in [9.17, 15) is 14.9 Å². The molecule has 7 heteroatoms. The monoisotopic (exact) mass is 410 g/mol. The number of halogens is 2. The van der Waals surface area contributed by atoms with E-state index in [-0.39, 0.29) is 16.3 Å². The van der Waals surface area contributed by atoms with Crippen LogP contribution >= 0.6 is 27.5 Å². The first-order valence-corrected chi connectivity index (χ1v) is 8.63. The van der Waals surface area contributed by atoms with Crippen LogP contribution < -0.4 is 5.32 Å². The highest BCUT2D eigenvalue weighted by Gasteiger charge is 2.17. The largest absolute Gasteiger partial charge is 0.321 e. The van der Waals surface area contributed by atoms with Gasteiger partial charge in [-0.1, -0.05) is 31.0 Å². The van der Waals surface area contributed by atoms with Crippen molar-refractivity contribution >= 4 is 44.8 Å². The van der Waals surface area contributed by atoms with Crippen molar-refractivity contribution in [3.63, 3.8) is 0 Å². The van der Waals surface area contributed by atoms with Gasteiger partial charge in [0.1, 0.15) is 5.02 Å². The first kappa shape index (κ1) is 18.4. The highest BCUT2D eigenvalue weighted by atomic mass is 79.9. The lowest BCUT2D eigenvalue weighted by atomic mass is 10.1. The molecule has 126 valence electrons. The summed E-state index contributed by atoms with van der Waals surface area (Å²) in [5.74, 6) is -0.434. The number of nitro benzene ring substituents is 1. The Morgan fingerprint density at radius 3 is 2.67 bits per heavy atom. The van der Waals surface area contributed by atoms with Crippen LogP contribution in [0.2, 0.25) is 5.02 Å². The van der Waals surface area contributed by atoms with E-state index in [1.54, 1.807) is 0 Å². The van der Waals surface area contributed by atoms with E-state index in [4.69, 9.17) is 11.6 Å². The summed E-state index contributed by atoms with van der Waals surface area (Å²) in [6.45, 7) is 2.13. The summed E-state index contributed by atoms with van der Waals surface area (Å²) in [5, 5.41) is 13.7. The van der Waals surface area contributed by atoms with Gasteiger partial charge in [-0.15, -0.1) is 0 Å². The number of hydrogen-bond donors (Lipinski definition) is 1. The van der Waals surface area contributed by atoms with E-state index in [1.165, 1.54) is 23.8 Å². The molecule has 0 unspecified atom stereocenters. The van der Waals surface area contributed by atoms with E-state index in [1.807, 2.05) is 18.2 Å². The Morgan fingerprint density at radius 1 is 1.29 bits per heavy atom. The van der Waals surface area contributed by atoms with E-state index < -0.39 is 10.8 Å². The molecule has 0 saturated heterocycles. The first-order chi connectivity index (χ1) is 11.4. The minimum Gasteiger partial charge on any atom is -0.321 e. The third-order valence-electron chi connectivity index (χ3n) is 3.51. The second-order valence-corrected chi connectivity index (χ2v) is 6.56. The summed E-state index contributed by atoms with van der Waals surface area (Å²) in [5.41, 5.74) is 1.67. The van der Waals surface area contributed by atoms with Crippen LogP contribution in [0.4, 0.5) is 11.4 Å². The number of nitrogens with zero attached hydrogens (tertiary/aromatic N) is 1. The van der Waals surface area contributed by atoms with Crippen molar-refractivity contribution in [1.29, 1.82) is 0 Å². The van der Waals surface area contributed by atoms with E-state index in [0.29, 0.717) is 5.69 Å². The molecule has 0 aromatic heterocycles. The molecule has 0 aliphatic heterocycles. The summed E-state index contributed by atoms with van der Waals surface area (Å²) >= 11 is 9.20. The fraction of sp³-hybridized carbons (Fsp3) is 0.235. The SMILES string of the molecule is CCCCc1ccc(NC(=O)c2ccc(Cl)c([N+](=O)[O-])c2)c(Br)c1. The molecular formula is C17H16BrClN2O3. The van der Waals surface area contributed by atoms with Crippen LogP contribution in [0.15, 0.2) is 40.9 Å². The molecule has 0 aliphatic rings. The van der Waals surface area contributed by atoms with Crippen LogP contribution in [0.5, 0.6) is 0 Å². The number of aryl methyl sites for hydroxylation is 1. The third-order valence-corrected chi connectivity index (χ3v) is 4.48. The van der Waals surface area contributed by atoms with Gasteiger partial charge in [0.25, 0.3) is 11.6 Å². The molecule has 2 aromatic carbocycles. The Morgan fingerprint density at radius 2 is 2.04 bits per heavy atom. The predicted molar refractivity (Wildman–Crippen MR) is 98.8 cm³/mol. The standard InChI is InChI=1S/C17H16BrClN2O3/c1-2-3-4-11-5-8-15(13(18)9-11)20-17(22)12-6-7-14(19)16(10-12)21(23)24/h5-10H,2-4H2,1H3,(H,20,22). The molecule has 0 heterocycles. The van der Waals surface area contributed by atoms with Crippen LogP contribution in [0.3, 0.4) is 0 Å². The van der Waals surface area contributed by atoms with Crippen LogP contribution in [-0.2, 0) is 6.42 Å². The molecular weight excluding hydrogens is 396 g/mol. The summed E-state index contributed by atoms with van der Waals surface area (Å²) < 4.78 is 0.771. The molecule has 1 N–H and O–H groups in total. The van der Waals surface area contributed by atoms with E-state index >= 15 is 0 Å². The van der Waals surface area contributed by atoms with Crippen molar-refractivity contribution in [2.45, 2.75) is 26.2 Å². The van der Waals surface area contributed by atoms with Gasteiger partial charge in [-0.2, -0.15) is 0 Å². The number of benzene rings is 2. The molecule has 2 rings (SSSR count). The minimum absolute atomic E-state index is 0.00184. The molecule has 0 bridgehead atoms. The molecule has 0 saturated carbocycles. The van der Waals surface area contributed by atoms with Crippen molar-refractivity contribution in [3.8, 4) is 0 Å². The third kappa shape index (κ3) is 4.55. The average molecular weight is 412 g/mol. The number of carbonyl (C=O) groups is 1. The highest BCUT2D eigenvalue weighted by molar-refractivity contribution is 9.10. The number of anilines is 1. The van der Waals surface area contributed by atoms with Gasteiger partial charge >= 0.3 is 0 Å². The van der Waals surface area contributed by atoms with Crippen LogP contribution in [0, 0.1) is 10.1 Å². The van der Waals surface area contributed by atoms with Crippen LogP contribution in [0.1, 0.15) is 35.7 Å². The Bertz CT molecular complexity index is 780. The quantitative estimate of drug-likeness (QED) is 0.496. The zero-order valence-electron chi connectivity index (χ0n) is 13.0. The number of unbranched alkanes of at least 4 members (excludes halogenated alkanes) is 1. The lowest BCUT2D eigenvalue weighted by molar-refractivity contribution is -0.384. The number of nitro groups is 1.